The SMILES string of the molecule is CN1[C@H](C2CCCCC2)CNc2cc(Cl)c(-c3ccc(Cl)c(C(=O)O)c3)cc2S1(=O)=O. The van der Waals surface area contributed by atoms with Gasteiger partial charge in [-0.25, -0.2) is 13.2 Å². The number of nitrogens with one attached hydrogen (secondary N) is 1. The average molecular weight is 483 g/mol. The Morgan fingerprint density at radius 2 is 1.81 bits per heavy atom. The first-order valence-corrected chi connectivity index (χ1v) is 12.5. The molecule has 1 heterocycles. The highest BCUT2D eigenvalue weighted by atomic mass is 35.5. The van der Waals surface area contributed by atoms with Crippen molar-refractivity contribution in [2.45, 2.75) is 43.0 Å². The van der Waals surface area contributed by atoms with Crippen molar-refractivity contribution in [1.29, 1.82) is 0 Å². The number of aromatic carboxylic acids is 1. The number of anilines is 1. The lowest BCUT2D eigenvalue weighted by molar-refractivity contribution is 0.0697. The van der Waals surface area contributed by atoms with Crippen LogP contribution in [0.1, 0.15) is 42.5 Å². The number of sulfonamides is 1. The molecular formula is C22H24Cl2N2O4S. The maximum Gasteiger partial charge on any atom is 0.337 e. The molecule has 1 saturated carbocycles. The number of carbonyl (C=O) groups is 1. The third-order valence-corrected chi connectivity index (χ3v) is 8.96. The van der Waals surface area contributed by atoms with Gasteiger partial charge in [0.1, 0.15) is 4.90 Å². The van der Waals surface area contributed by atoms with Crippen LogP contribution in [0.15, 0.2) is 35.2 Å². The largest absolute Gasteiger partial charge is 0.478 e. The third kappa shape index (κ3) is 4.16. The first-order valence-electron chi connectivity index (χ1n) is 10.3. The van der Waals surface area contributed by atoms with Crippen LogP contribution in [0, 0.1) is 5.92 Å². The number of benzene rings is 2. The molecule has 2 N–H and O–H groups in total. The van der Waals surface area contributed by atoms with Crippen LogP contribution in [-0.2, 0) is 10.0 Å². The van der Waals surface area contributed by atoms with Crippen molar-refractivity contribution in [2.24, 2.45) is 5.92 Å². The lowest BCUT2D eigenvalue weighted by Crippen LogP contribution is -2.44. The summed E-state index contributed by atoms with van der Waals surface area (Å²) >= 11 is 12.5. The summed E-state index contributed by atoms with van der Waals surface area (Å²) in [7, 11) is -2.12. The third-order valence-electron chi connectivity index (χ3n) is 6.40. The van der Waals surface area contributed by atoms with Crippen molar-refractivity contribution in [2.75, 3.05) is 18.9 Å². The van der Waals surface area contributed by atoms with E-state index in [9.17, 15) is 18.3 Å². The van der Waals surface area contributed by atoms with Crippen LogP contribution < -0.4 is 5.32 Å². The van der Waals surface area contributed by atoms with Crippen LogP contribution in [0.3, 0.4) is 0 Å². The molecule has 2 aliphatic rings. The van der Waals surface area contributed by atoms with E-state index in [0.29, 0.717) is 34.3 Å². The maximum absolute atomic E-state index is 13.5. The molecule has 9 heteroatoms. The molecule has 0 bridgehead atoms. The lowest BCUT2D eigenvalue weighted by atomic mass is 9.84. The van der Waals surface area contributed by atoms with E-state index in [4.69, 9.17) is 23.2 Å². The zero-order valence-corrected chi connectivity index (χ0v) is 19.4. The summed E-state index contributed by atoms with van der Waals surface area (Å²) in [6, 6.07) is 7.51. The summed E-state index contributed by atoms with van der Waals surface area (Å²) in [6.45, 7) is 0.521. The summed E-state index contributed by atoms with van der Waals surface area (Å²) in [5.41, 5.74) is 1.32. The predicted molar refractivity (Wildman–Crippen MR) is 123 cm³/mol. The second-order valence-corrected chi connectivity index (χ2v) is 11.0. The predicted octanol–water partition coefficient (Wildman–Crippen LogP) is 5.35. The number of rotatable bonds is 3. The molecule has 166 valence electrons. The van der Waals surface area contributed by atoms with Gasteiger partial charge in [0, 0.05) is 25.2 Å². The average Bonchev–Trinajstić information content (AvgIpc) is 2.83. The number of carboxylic acids is 1. The summed E-state index contributed by atoms with van der Waals surface area (Å²) in [5, 5.41) is 13.1. The van der Waals surface area contributed by atoms with E-state index in [0.717, 1.165) is 25.7 Å². The summed E-state index contributed by atoms with van der Waals surface area (Å²) in [6.07, 6.45) is 5.50. The summed E-state index contributed by atoms with van der Waals surface area (Å²) in [4.78, 5) is 11.6. The molecule has 1 atom stereocenters. The fourth-order valence-electron chi connectivity index (χ4n) is 4.64. The van der Waals surface area contributed by atoms with Crippen LogP contribution >= 0.6 is 23.2 Å². The van der Waals surface area contributed by atoms with Gasteiger partial charge < -0.3 is 10.4 Å². The smallest absolute Gasteiger partial charge is 0.337 e. The molecule has 0 unspecified atom stereocenters. The Morgan fingerprint density at radius 1 is 1.10 bits per heavy atom. The first-order chi connectivity index (χ1) is 14.7. The number of halogens is 2. The molecule has 1 aliphatic heterocycles. The molecule has 2 aromatic rings. The Bertz CT molecular complexity index is 1130. The molecule has 4 rings (SSSR count). The number of hydrogen-bond donors (Lipinski definition) is 2. The molecule has 31 heavy (non-hydrogen) atoms. The standard InChI is InChI=1S/C22H24Cl2N2O4S/c1-26-20(13-5-3-2-4-6-13)12-25-19-11-18(24)15(10-21(19)31(26,29)30)14-7-8-17(23)16(9-14)22(27)28/h7-11,13,20,25H,2-6,12H2,1H3,(H,27,28)/t20-/m0/s1. The minimum Gasteiger partial charge on any atom is -0.478 e. The van der Waals surface area contributed by atoms with Crippen LogP contribution in [-0.4, -0.2) is 43.4 Å². The van der Waals surface area contributed by atoms with Crippen LogP contribution in [0.25, 0.3) is 11.1 Å². The topological polar surface area (TPSA) is 86.7 Å². The molecule has 0 amide bonds. The van der Waals surface area contributed by atoms with Gasteiger partial charge in [0.15, 0.2) is 0 Å². The Morgan fingerprint density at radius 3 is 2.48 bits per heavy atom. The van der Waals surface area contributed by atoms with Gasteiger partial charge in [-0.1, -0.05) is 48.5 Å². The van der Waals surface area contributed by atoms with E-state index in [2.05, 4.69) is 5.32 Å². The van der Waals surface area contributed by atoms with Crippen molar-refractivity contribution >= 4 is 44.9 Å². The van der Waals surface area contributed by atoms with E-state index in [-0.39, 0.29) is 21.5 Å². The van der Waals surface area contributed by atoms with Gasteiger partial charge in [-0.05, 0) is 48.6 Å². The molecule has 1 aliphatic carbocycles. The summed E-state index contributed by atoms with van der Waals surface area (Å²) < 4.78 is 28.5. The highest BCUT2D eigenvalue weighted by Crippen LogP contribution is 2.40. The van der Waals surface area contributed by atoms with Crippen molar-refractivity contribution in [3.05, 3.63) is 45.9 Å². The van der Waals surface area contributed by atoms with Crippen LogP contribution in [0.5, 0.6) is 0 Å². The van der Waals surface area contributed by atoms with Crippen LogP contribution in [0.2, 0.25) is 10.0 Å². The Labute approximate surface area is 192 Å². The Hall–Kier alpha value is -1.80. The van der Waals surface area contributed by atoms with Gasteiger partial charge in [0.25, 0.3) is 0 Å². The normalized spacial score (nSPS) is 21.7. The van der Waals surface area contributed by atoms with Gasteiger partial charge in [0.05, 0.1) is 21.3 Å². The summed E-state index contributed by atoms with van der Waals surface area (Å²) in [5.74, 6) is -0.846. The lowest BCUT2D eigenvalue weighted by Gasteiger charge is -2.34. The van der Waals surface area contributed by atoms with Crippen molar-refractivity contribution in [3.63, 3.8) is 0 Å². The molecule has 6 nitrogen and oxygen atoms in total. The molecule has 0 radical (unpaired) electrons. The number of likely N-dealkylation sites (N-methyl/N-ethyl adjacent to an activating group) is 1. The number of fused-ring (bicyclic) bond motifs is 1. The second kappa shape index (κ2) is 8.62. The molecule has 2 aromatic carbocycles. The monoisotopic (exact) mass is 482 g/mol. The molecule has 0 saturated heterocycles. The van der Waals surface area contributed by atoms with Crippen LogP contribution in [0.4, 0.5) is 5.69 Å². The van der Waals surface area contributed by atoms with E-state index in [1.807, 2.05) is 0 Å². The van der Waals surface area contributed by atoms with Gasteiger partial charge in [-0.2, -0.15) is 4.31 Å². The number of carboxylic acid groups (broad SMARTS) is 1. The van der Waals surface area contributed by atoms with E-state index in [1.54, 1.807) is 19.2 Å². The van der Waals surface area contributed by atoms with Gasteiger partial charge >= 0.3 is 5.97 Å². The highest BCUT2D eigenvalue weighted by molar-refractivity contribution is 7.89. The minimum atomic E-state index is -3.77. The van der Waals surface area contributed by atoms with Gasteiger partial charge in [-0.3, -0.25) is 0 Å². The van der Waals surface area contributed by atoms with Gasteiger partial charge in [0.2, 0.25) is 10.0 Å². The fraction of sp³-hybridized carbons (Fsp3) is 0.409. The minimum absolute atomic E-state index is 0.0689. The van der Waals surface area contributed by atoms with Crippen molar-refractivity contribution < 1.29 is 18.3 Å². The zero-order chi connectivity index (χ0) is 22.3. The second-order valence-electron chi connectivity index (χ2n) is 8.20. The maximum atomic E-state index is 13.5. The number of hydrogen-bond acceptors (Lipinski definition) is 4. The molecule has 1 fully saturated rings. The van der Waals surface area contributed by atoms with E-state index in [1.165, 1.54) is 28.9 Å². The Kier molecular flexibility index (Phi) is 6.23. The quantitative estimate of drug-likeness (QED) is 0.615. The fourth-order valence-corrected chi connectivity index (χ4v) is 6.70. The van der Waals surface area contributed by atoms with E-state index >= 15 is 0 Å². The van der Waals surface area contributed by atoms with Crippen molar-refractivity contribution in [1.82, 2.24) is 4.31 Å². The van der Waals surface area contributed by atoms with Gasteiger partial charge in [-0.15, -0.1) is 0 Å². The molecule has 0 aromatic heterocycles. The first kappa shape index (κ1) is 22.4. The van der Waals surface area contributed by atoms with Crippen molar-refractivity contribution in [3.8, 4) is 11.1 Å². The molecule has 0 spiro atoms. The number of nitrogens with zero attached hydrogens (tertiary/aromatic N) is 1. The van der Waals surface area contributed by atoms with E-state index < -0.39 is 16.0 Å². The molecular weight excluding hydrogens is 459 g/mol. The Balaban J connectivity index is 1.78. The zero-order valence-electron chi connectivity index (χ0n) is 17.1. The highest BCUT2D eigenvalue weighted by Gasteiger charge is 2.38.